The number of ether oxygens (including phenoxy) is 3. The van der Waals surface area contributed by atoms with Crippen LogP contribution in [-0.4, -0.2) is 59.8 Å². The predicted octanol–water partition coefficient (Wildman–Crippen LogP) is 30.7. The number of furan rings is 2. The predicted molar refractivity (Wildman–Crippen MR) is 551 cm³/mol. The molecule has 3 aliphatic heterocycles. The highest BCUT2D eigenvalue weighted by Crippen LogP contribution is 2.54. The molecule has 20 nitrogen and oxygen atoms in total. The first-order valence-electron chi connectivity index (χ1n) is 45.8. The smallest absolute Gasteiger partial charge is 0.202 e. The second-order valence-corrected chi connectivity index (χ2v) is 33.4. The van der Waals surface area contributed by atoms with Crippen molar-refractivity contribution in [1.29, 1.82) is 0 Å². The Kier molecular flexibility index (Phi) is 21.0. The van der Waals surface area contributed by atoms with E-state index in [4.69, 9.17) is 82.9 Å². The molecule has 0 amide bonds. The fourth-order valence-corrected chi connectivity index (χ4v) is 17.9. The van der Waals surface area contributed by atoms with Gasteiger partial charge in [-0.1, -0.05) is 273 Å². The van der Waals surface area contributed by atoms with Crippen LogP contribution in [0.15, 0.2) is 464 Å². The van der Waals surface area contributed by atoms with Crippen molar-refractivity contribution < 1.29 is 23.0 Å². The summed E-state index contributed by atoms with van der Waals surface area (Å²) in [4.78, 5) is 65.9. The van der Waals surface area contributed by atoms with Crippen LogP contribution in [0.3, 0.4) is 0 Å². The second kappa shape index (κ2) is 35.7. The molecule has 0 N–H and O–H groups in total. The Hall–Kier alpha value is -19.6. The van der Waals surface area contributed by atoms with Crippen LogP contribution in [0.25, 0.3) is 169 Å². The van der Waals surface area contributed by atoms with Crippen LogP contribution in [0.4, 0.5) is 51.2 Å². The minimum absolute atomic E-state index is 0.353. The SMILES string of the molecule is c1ccc(-c2nc(-c3ccc(N4c5ccccc5Oc5ccccc54)cc3)nc(-c3ccc4oc5ccccc5c4c3)n2)cc1.c1ccc(-c2nc(-c3ccc(N4c5ccccc5Oc5ccccc54)cc3)nc(-c3cccc4c3oc3ccccc34)n2)cc1.c1ccc(-c2nc(-c3ccccc3)nc(-c3nc(-c4ccccc4)nc(-c4ccc(N5c6ccccc6Oc6ccccc65)cc4)n3)n2)cc1. The Bertz CT molecular complexity index is 8610. The van der Waals surface area contributed by atoms with Crippen molar-refractivity contribution in [1.82, 2.24) is 59.8 Å². The van der Waals surface area contributed by atoms with Gasteiger partial charge in [-0.3, -0.25) is 0 Å². The first-order chi connectivity index (χ1) is 69.3. The average molecular weight is 1810 g/mol. The van der Waals surface area contributed by atoms with E-state index in [1.807, 2.05) is 334 Å². The van der Waals surface area contributed by atoms with Gasteiger partial charge in [0.2, 0.25) is 11.6 Å². The van der Waals surface area contributed by atoms with Crippen LogP contribution in [0, 0.1) is 0 Å². The largest absolute Gasteiger partial charge is 0.456 e. The van der Waals surface area contributed by atoms with E-state index in [-0.39, 0.29) is 0 Å². The minimum Gasteiger partial charge on any atom is -0.456 e. The summed E-state index contributed by atoms with van der Waals surface area (Å²) in [5, 5.41) is 4.19. The molecule has 27 rings (SSSR count). The van der Waals surface area contributed by atoms with Gasteiger partial charge in [0, 0.05) is 88.7 Å². The molecule has 6 aromatic heterocycles. The Labute approximate surface area is 802 Å². The number of rotatable bonds is 14. The van der Waals surface area contributed by atoms with Gasteiger partial charge in [-0.15, -0.1) is 0 Å². The third kappa shape index (κ3) is 15.8. The fourth-order valence-electron chi connectivity index (χ4n) is 17.9. The summed E-state index contributed by atoms with van der Waals surface area (Å²) in [6.07, 6.45) is 0. The van der Waals surface area contributed by atoms with Gasteiger partial charge >= 0.3 is 0 Å². The maximum Gasteiger partial charge on any atom is 0.202 e. The quantitative estimate of drug-likeness (QED) is 0.0988. The van der Waals surface area contributed by atoms with Crippen LogP contribution in [-0.2, 0) is 0 Å². The van der Waals surface area contributed by atoms with Crippen LogP contribution >= 0.6 is 0 Å². The molecule has 0 atom stereocenters. The zero-order chi connectivity index (χ0) is 92.8. The first kappa shape index (κ1) is 82.3. The number of hydrogen-bond acceptors (Lipinski definition) is 20. The Morgan fingerprint density at radius 3 is 0.700 bits per heavy atom. The van der Waals surface area contributed by atoms with Gasteiger partial charge < -0.3 is 37.7 Å². The van der Waals surface area contributed by atoms with Crippen molar-refractivity contribution in [2.45, 2.75) is 0 Å². The summed E-state index contributed by atoms with van der Waals surface area (Å²) >= 11 is 0. The Morgan fingerprint density at radius 1 is 0.150 bits per heavy atom. The Balaban J connectivity index is 0.000000111. The minimum atomic E-state index is 0.353. The highest BCUT2D eigenvalue weighted by atomic mass is 16.5. The lowest BCUT2D eigenvalue weighted by molar-refractivity contribution is 0.477. The molecule has 0 radical (unpaired) electrons. The summed E-state index contributed by atoms with van der Waals surface area (Å²) in [5.41, 5.74) is 20.9. The van der Waals surface area contributed by atoms with Gasteiger partial charge in [0.1, 0.15) is 22.3 Å². The van der Waals surface area contributed by atoms with Crippen molar-refractivity contribution in [2.24, 2.45) is 0 Å². The molecule has 0 saturated carbocycles. The van der Waals surface area contributed by atoms with Gasteiger partial charge in [-0.05, 0) is 182 Å². The van der Waals surface area contributed by atoms with E-state index in [1.54, 1.807) is 0 Å². The average Bonchev–Trinajstić information content (AvgIpc) is 1.07. The van der Waals surface area contributed by atoms with E-state index < -0.39 is 0 Å². The molecule has 0 fully saturated rings. The van der Waals surface area contributed by atoms with Gasteiger partial charge in [-0.2, -0.15) is 0 Å². The van der Waals surface area contributed by atoms with E-state index in [0.29, 0.717) is 69.9 Å². The molecule has 9 heterocycles. The molecule has 0 unspecified atom stereocenters. The lowest BCUT2D eigenvalue weighted by Gasteiger charge is -2.32. The van der Waals surface area contributed by atoms with E-state index in [2.05, 4.69) is 136 Å². The summed E-state index contributed by atoms with van der Waals surface area (Å²) in [7, 11) is 0. The van der Waals surface area contributed by atoms with Crippen LogP contribution in [0.5, 0.6) is 34.5 Å². The van der Waals surface area contributed by atoms with E-state index in [1.165, 1.54) is 0 Å². The van der Waals surface area contributed by atoms with Crippen LogP contribution in [0.1, 0.15) is 0 Å². The topological polar surface area (TPSA) is 218 Å². The standard InChI is InChI=1S/C42H27N7O.2C39H24N4O2/c1-4-14-28(15-5-1)37-43-38(29-16-6-2-7-17-29)46-41(45-37)42-47-39(30-18-8-3-9-19-30)44-40(48-42)31-24-26-32(27-25-31)49-33-20-10-12-22-35(33)50-36-23-13-11-21-34(36)49;1-2-11-25(12-3-1)37-40-38(42-39(41-37)30-15-10-14-29-28-13-4-7-18-33(28)45-36(29)30)26-21-23-27(24-22-26)43-31-16-5-8-19-34(31)44-35-20-9-6-17-32(35)43;1-2-10-25(11-3-1)37-40-38(42-39(41-37)27-20-23-34-30(24-27)29-12-4-7-15-33(29)44-34)26-18-21-28(22-19-26)43-31-13-5-8-16-35(31)45-36-17-9-6-14-32(36)43/h1-27H;2*1-24H. The van der Waals surface area contributed by atoms with Crippen molar-refractivity contribution in [3.63, 3.8) is 0 Å². The number of fused-ring (bicyclic) bond motifs is 12. The molecule has 660 valence electrons. The number of aromatic nitrogens is 12. The number of nitrogens with zero attached hydrogens (tertiary/aromatic N) is 15. The molecule has 0 saturated heterocycles. The number of hydrogen-bond donors (Lipinski definition) is 0. The van der Waals surface area contributed by atoms with Gasteiger partial charge in [0.25, 0.3) is 0 Å². The van der Waals surface area contributed by atoms with Crippen LogP contribution in [0.2, 0.25) is 0 Å². The fraction of sp³-hybridized carbons (Fsp3) is 0. The molecule has 0 aliphatic carbocycles. The molecule has 18 aromatic carbocycles. The van der Waals surface area contributed by atoms with E-state index in [9.17, 15) is 0 Å². The highest BCUT2D eigenvalue weighted by molar-refractivity contribution is 6.10. The molecule has 20 heteroatoms. The molecular weight excluding hydrogens is 1730 g/mol. The monoisotopic (exact) mass is 1810 g/mol. The molecular formula is C120H75N15O5. The van der Waals surface area contributed by atoms with Crippen molar-refractivity contribution >= 4 is 95.1 Å². The highest BCUT2D eigenvalue weighted by Gasteiger charge is 2.31. The second-order valence-electron chi connectivity index (χ2n) is 33.4. The lowest BCUT2D eigenvalue weighted by Crippen LogP contribution is -2.15. The zero-order valence-corrected chi connectivity index (χ0v) is 74.6. The number of benzene rings is 18. The molecule has 140 heavy (non-hydrogen) atoms. The zero-order valence-electron chi connectivity index (χ0n) is 74.6. The summed E-state index contributed by atoms with van der Waals surface area (Å²) in [6, 6.07) is 151. The van der Waals surface area contributed by atoms with Crippen molar-refractivity contribution in [3.8, 4) is 160 Å². The van der Waals surface area contributed by atoms with Crippen LogP contribution < -0.4 is 28.9 Å². The lowest BCUT2D eigenvalue weighted by atomic mass is 10.1. The summed E-state index contributed by atoms with van der Waals surface area (Å²) in [6.45, 7) is 0. The molecule has 24 aromatic rings. The third-order valence-corrected chi connectivity index (χ3v) is 24.6. The van der Waals surface area contributed by atoms with Gasteiger partial charge in [0.15, 0.2) is 92.7 Å². The number of para-hydroxylation sites is 15. The maximum atomic E-state index is 6.35. The third-order valence-electron chi connectivity index (χ3n) is 24.6. The summed E-state index contributed by atoms with van der Waals surface area (Å²) in [5.74, 6) is 11.2. The van der Waals surface area contributed by atoms with Crippen molar-refractivity contribution in [3.05, 3.63) is 455 Å². The molecule has 0 bridgehead atoms. The normalized spacial score (nSPS) is 12.0. The van der Waals surface area contributed by atoms with E-state index >= 15 is 0 Å². The Morgan fingerprint density at radius 2 is 0.379 bits per heavy atom. The summed E-state index contributed by atoms with van der Waals surface area (Å²) < 4.78 is 31.1. The number of anilines is 9. The maximum absolute atomic E-state index is 6.35. The first-order valence-corrected chi connectivity index (χ1v) is 45.8. The van der Waals surface area contributed by atoms with Gasteiger partial charge in [0.05, 0.1) is 39.7 Å². The van der Waals surface area contributed by atoms with Crippen molar-refractivity contribution in [2.75, 3.05) is 14.7 Å². The van der Waals surface area contributed by atoms with Gasteiger partial charge in [-0.25, -0.2) is 59.8 Å². The molecule has 0 spiro atoms. The van der Waals surface area contributed by atoms with E-state index in [0.717, 1.165) is 185 Å². The molecule has 3 aliphatic rings.